The van der Waals surface area contributed by atoms with Crippen LogP contribution in [-0.4, -0.2) is 28.1 Å². The highest BCUT2D eigenvalue weighted by Gasteiger charge is 2.17. The number of amides is 1. The first-order valence-electron chi connectivity index (χ1n) is 7.03. The van der Waals surface area contributed by atoms with Crippen molar-refractivity contribution in [1.82, 2.24) is 15.1 Å². The third-order valence-electron chi connectivity index (χ3n) is 3.31. The monoisotopic (exact) mass is 419 g/mol. The van der Waals surface area contributed by atoms with E-state index in [0.717, 1.165) is 9.13 Å². The second kappa shape index (κ2) is 6.91. The Morgan fingerprint density at radius 1 is 1.09 bits per heavy atom. The van der Waals surface area contributed by atoms with Crippen LogP contribution in [0.25, 0.3) is 11.5 Å². The first kappa shape index (κ1) is 15.7. The molecule has 0 spiro atoms. The van der Waals surface area contributed by atoms with Crippen molar-refractivity contribution in [2.24, 2.45) is 0 Å². The van der Waals surface area contributed by atoms with Crippen LogP contribution in [0.5, 0.6) is 0 Å². The summed E-state index contributed by atoms with van der Waals surface area (Å²) in [4.78, 5) is 14.0. The molecule has 3 rings (SSSR count). The zero-order valence-electron chi connectivity index (χ0n) is 12.4. The third-order valence-corrected chi connectivity index (χ3v) is 4.25. The predicted molar refractivity (Wildman–Crippen MR) is 94.7 cm³/mol. The molecule has 6 heteroatoms. The van der Waals surface area contributed by atoms with E-state index in [1.165, 1.54) is 0 Å². The fraction of sp³-hybridized carbons (Fsp3) is 0.118. The van der Waals surface area contributed by atoms with Gasteiger partial charge in [-0.1, -0.05) is 30.3 Å². The lowest BCUT2D eigenvalue weighted by Gasteiger charge is -2.15. The van der Waals surface area contributed by atoms with Crippen molar-refractivity contribution in [2.75, 3.05) is 7.05 Å². The Morgan fingerprint density at radius 2 is 1.78 bits per heavy atom. The van der Waals surface area contributed by atoms with Crippen LogP contribution < -0.4 is 0 Å². The topological polar surface area (TPSA) is 59.2 Å². The molecule has 1 amide bonds. The normalized spacial score (nSPS) is 10.5. The number of rotatable bonds is 4. The lowest BCUT2D eigenvalue weighted by molar-refractivity contribution is 0.0772. The van der Waals surface area contributed by atoms with Crippen LogP contribution in [0, 0.1) is 3.57 Å². The highest BCUT2D eigenvalue weighted by atomic mass is 127. The average Bonchev–Trinajstić information content (AvgIpc) is 3.04. The first-order valence-corrected chi connectivity index (χ1v) is 8.11. The number of halogens is 1. The van der Waals surface area contributed by atoms with Gasteiger partial charge in [0.1, 0.15) is 0 Å². The zero-order chi connectivity index (χ0) is 16.2. The van der Waals surface area contributed by atoms with Crippen molar-refractivity contribution in [3.05, 3.63) is 69.6 Å². The Labute approximate surface area is 147 Å². The minimum absolute atomic E-state index is 0.0746. The molecular weight excluding hydrogens is 405 g/mol. The van der Waals surface area contributed by atoms with Gasteiger partial charge in [0.05, 0.1) is 12.1 Å². The highest BCUT2D eigenvalue weighted by Crippen LogP contribution is 2.18. The summed E-state index contributed by atoms with van der Waals surface area (Å²) in [6.07, 6.45) is 0. The van der Waals surface area contributed by atoms with Gasteiger partial charge in [-0.05, 0) is 46.9 Å². The molecule has 3 aromatic rings. The summed E-state index contributed by atoms with van der Waals surface area (Å²) < 4.78 is 6.55. The quantitative estimate of drug-likeness (QED) is 0.607. The molecule has 1 heterocycles. The van der Waals surface area contributed by atoms with Crippen molar-refractivity contribution >= 4 is 28.5 Å². The molecule has 0 aliphatic heterocycles. The van der Waals surface area contributed by atoms with Crippen LogP contribution >= 0.6 is 22.6 Å². The summed E-state index contributed by atoms with van der Waals surface area (Å²) in [6, 6.07) is 17.0. The van der Waals surface area contributed by atoms with Crippen LogP contribution in [0.3, 0.4) is 0 Å². The second-order valence-electron chi connectivity index (χ2n) is 5.01. The molecule has 5 nitrogen and oxygen atoms in total. The summed E-state index contributed by atoms with van der Waals surface area (Å²) in [7, 11) is 1.72. The van der Waals surface area contributed by atoms with Gasteiger partial charge in [0.2, 0.25) is 11.8 Å². The van der Waals surface area contributed by atoms with Gasteiger partial charge in [0.15, 0.2) is 0 Å². The standard InChI is InChI=1S/C17H14IN3O2/c1-21(17(22)13-9-5-6-10-14(13)18)11-15-19-20-16(23-15)12-7-3-2-4-8-12/h2-10H,11H2,1H3. The van der Waals surface area contributed by atoms with E-state index in [9.17, 15) is 4.79 Å². The number of carbonyl (C=O) groups is 1. The van der Waals surface area contributed by atoms with Gasteiger partial charge in [-0.15, -0.1) is 10.2 Å². The highest BCUT2D eigenvalue weighted by molar-refractivity contribution is 14.1. The zero-order valence-corrected chi connectivity index (χ0v) is 14.6. The third kappa shape index (κ3) is 3.58. The van der Waals surface area contributed by atoms with Crippen molar-refractivity contribution in [2.45, 2.75) is 6.54 Å². The summed E-state index contributed by atoms with van der Waals surface area (Å²) >= 11 is 2.15. The van der Waals surface area contributed by atoms with E-state index in [2.05, 4.69) is 32.8 Å². The number of carbonyl (C=O) groups excluding carboxylic acids is 1. The number of benzene rings is 2. The largest absolute Gasteiger partial charge is 0.419 e. The van der Waals surface area contributed by atoms with Gasteiger partial charge in [-0.2, -0.15) is 0 Å². The van der Waals surface area contributed by atoms with E-state index in [4.69, 9.17) is 4.42 Å². The van der Waals surface area contributed by atoms with Crippen LogP contribution in [0.4, 0.5) is 0 Å². The van der Waals surface area contributed by atoms with Crippen LogP contribution in [0.15, 0.2) is 59.0 Å². The molecule has 0 bridgehead atoms. The van der Waals surface area contributed by atoms with Crippen molar-refractivity contribution in [3.63, 3.8) is 0 Å². The fourth-order valence-corrected chi connectivity index (χ4v) is 2.75. The fourth-order valence-electron chi connectivity index (χ4n) is 2.13. The smallest absolute Gasteiger partial charge is 0.255 e. The summed E-state index contributed by atoms with van der Waals surface area (Å²) in [5.41, 5.74) is 1.52. The van der Waals surface area contributed by atoms with E-state index in [1.54, 1.807) is 11.9 Å². The molecular formula is C17H14IN3O2. The molecule has 0 N–H and O–H groups in total. The molecule has 0 saturated carbocycles. The van der Waals surface area contributed by atoms with Gasteiger partial charge in [-0.3, -0.25) is 4.79 Å². The van der Waals surface area contributed by atoms with Crippen molar-refractivity contribution in [1.29, 1.82) is 0 Å². The van der Waals surface area contributed by atoms with E-state index in [-0.39, 0.29) is 12.5 Å². The molecule has 23 heavy (non-hydrogen) atoms. The number of hydrogen-bond acceptors (Lipinski definition) is 4. The van der Waals surface area contributed by atoms with E-state index < -0.39 is 0 Å². The first-order chi connectivity index (χ1) is 11.1. The van der Waals surface area contributed by atoms with Crippen LogP contribution in [0.2, 0.25) is 0 Å². The minimum Gasteiger partial charge on any atom is -0.419 e. The van der Waals surface area contributed by atoms with Gasteiger partial charge in [0, 0.05) is 16.2 Å². The summed E-state index contributed by atoms with van der Waals surface area (Å²) in [6.45, 7) is 0.268. The van der Waals surface area contributed by atoms with Gasteiger partial charge in [0.25, 0.3) is 5.91 Å². The minimum atomic E-state index is -0.0746. The molecule has 0 unspecified atom stereocenters. The lowest BCUT2D eigenvalue weighted by atomic mass is 10.2. The maximum Gasteiger partial charge on any atom is 0.255 e. The average molecular weight is 419 g/mol. The number of hydrogen-bond donors (Lipinski definition) is 0. The van der Waals surface area contributed by atoms with E-state index in [1.807, 2.05) is 54.6 Å². The lowest BCUT2D eigenvalue weighted by Crippen LogP contribution is -2.27. The number of nitrogens with zero attached hydrogens (tertiary/aromatic N) is 3. The molecule has 0 radical (unpaired) electrons. The molecule has 0 aliphatic rings. The molecule has 1 aromatic heterocycles. The number of aromatic nitrogens is 2. The molecule has 2 aromatic carbocycles. The van der Waals surface area contributed by atoms with Gasteiger partial charge >= 0.3 is 0 Å². The predicted octanol–water partition coefficient (Wildman–Crippen LogP) is 3.61. The van der Waals surface area contributed by atoms with Gasteiger partial charge < -0.3 is 9.32 Å². The summed E-state index contributed by atoms with van der Waals surface area (Å²) in [5.74, 6) is 0.788. The summed E-state index contributed by atoms with van der Waals surface area (Å²) in [5, 5.41) is 8.05. The van der Waals surface area contributed by atoms with Gasteiger partial charge in [-0.25, -0.2) is 0 Å². The molecule has 0 atom stereocenters. The van der Waals surface area contributed by atoms with Crippen LogP contribution in [-0.2, 0) is 6.54 Å². The second-order valence-corrected chi connectivity index (χ2v) is 6.17. The Kier molecular flexibility index (Phi) is 4.71. The van der Waals surface area contributed by atoms with E-state index in [0.29, 0.717) is 17.3 Å². The molecule has 0 saturated heterocycles. The maximum absolute atomic E-state index is 12.5. The maximum atomic E-state index is 12.5. The molecule has 0 fully saturated rings. The Morgan fingerprint density at radius 3 is 2.52 bits per heavy atom. The van der Waals surface area contributed by atoms with Crippen molar-refractivity contribution in [3.8, 4) is 11.5 Å². The molecule has 0 aliphatic carbocycles. The van der Waals surface area contributed by atoms with E-state index >= 15 is 0 Å². The SMILES string of the molecule is CN(Cc1nnc(-c2ccccc2)o1)C(=O)c1ccccc1I. The Hall–Kier alpha value is -2.22. The van der Waals surface area contributed by atoms with Crippen molar-refractivity contribution < 1.29 is 9.21 Å². The Balaban J connectivity index is 1.74. The van der Waals surface area contributed by atoms with Crippen LogP contribution in [0.1, 0.15) is 16.2 Å². The molecule has 116 valence electrons. The Bertz CT molecular complexity index is 817.